The van der Waals surface area contributed by atoms with Crippen LogP contribution in [-0.2, 0) is 10.0 Å². The normalized spacial score (nSPS) is 11.6. The Kier molecular flexibility index (Phi) is 4.33. The summed E-state index contributed by atoms with van der Waals surface area (Å²) in [6.45, 7) is 0. The third-order valence-corrected chi connectivity index (χ3v) is 6.48. The van der Waals surface area contributed by atoms with Crippen molar-refractivity contribution >= 4 is 54.2 Å². The Hall–Kier alpha value is -2.91. The molecule has 7 nitrogen and oxygen atoms in total. The van der Waals surface area contributed by atoms with Gasteiger partial charge in [0.1, 0.15) is 16.7 Å². The fourth-order valence-corrected chi connectivity index (χ4v) is 5.08. The van der Waals surface area contributed by atoms with Crippen LogP contribution in [0.5, 0.6) is 0 Å². The number of rotatable bonds is 4. The lowest BCUT2D eigenvalue weighted by Crippen LogP contribution is -2.13. The van der Waals surface area contributed by atoms with Gasteiger partial charge in [-0.15, -0.1) is 0 Å². The number of anilines is 3. The van der Waals surface area contributed by atoms with Gasteiger partial charge >= 0.3 is 0 Å². The monoisotopic (exact) mass is 443 g/mol. The largest absolute Gasteiger partial charge is 0.399 e. The number of hydrogen-bond acceptors (Lipinski definition) is 6. The first-order chi connectivity index (χ1) is 13.0. The first kappa shape index (κ1) is 17.5. The van der Waals surface area contributed by atoms with Crippen LogP contribution in [0.4, 0.5) is 17.2 Å². The lowest BCUT2D eigenvalue weighted by molar-refractivity contribution is 0.588. The molecule has 0 fully saturated rings. The van der Waals surface area contributed by atoms with Gasteiger partial charge in [-0.25, -0.2) is 22.4 Å². The third kappa shape index (κ3) is 3.15. The van der Waals surface area contributed by atoms with Crippen LogP contribution in [0.2, 0.25) is 0 Å². The van der Waals surface area contributed by atoms with Crippen LogP contribution in [0.1, 0.15) is 0 Å². The lowest BCUT2D eigenvalue weighted by atomic mass is 10.2. The van der Waals surface area contributed by atoms with Crippen molar-refractivity contribution < 1.29 is 8.42 Å². The van der Waals surface area contributed by atoms with E-state index < -0.39 is 10.0 Å². The Labute approximate surface area is 164 Å². The zero-order valence-corrected chi connectivity index (χ0v) is 16.3. The van der Waals surface area contributed by atoms with Crippen LogP contribution in [0, 0.1) is 0 Å². The summed E-state index contributed by atoms with van der Waals surface area (Å²) in [5.41, 5.74) is 7.43. The van der Waals surface area contributed by atoms with Crippen molar-refractivity contribution in [2.45, 2.75) is 4.90 Å². The van der Waals surface area contributed by atoms with Gasteiger partial charge in [0.2, 0.25) is 0 Å². The van der Waals surface area contributed by atoms with E-state index in [4.69, 9.17) is 5.73 Å². The van der Waals surface area contributed by atoms with E-state index in [1.165, 1.54) is 6.33 Å². The highest BCUT2D eigenvalue weighted by atomic mass is 79.9. The van der Waals surface area contributed by atoms with E-state index in [9.17, 15) is 8.42 Å². The first-order valence-electron chi connectivity index (χ1n) is 7.92. The SMILES string of the molecule is Nc1cccc(Nc2ncnc3c2cc(Br)n3S(=O)(=O)c2ccccc2)c1. The van der Waals surface area contributed by atoms with Crippen LogP contribution in [0.15, 0.2) is 76.5 Å². The molecule has 136 valence electrons. The summed E-state index contributed by atoms with van der Waals surface area (Å²) in [4.78, 5) is 8.61. The number of halogens is 1. The molecule has 2 aromatic carbocycles. The molecule has 0 amide bonds. The van der Waals surface area contributed by atoms with Crippen LogP contribution in [0.25, 0.3) is 11.0 Å². The number of nitrogens with one attached hydrogen (secondary N) is 1. The second-order valence-corrected chi connectivity index (χ2v) is 8.36. The molecule has 4 aromatic rings. The fourth-order valence-electron chi connectivity index (χ4n) is 2.74. The van der Waals surface area contributed by atoms with Gasteiger partial charge in [0.15, 0.2) is 5.65 Å². The van der Waals surface area contributed by atoms with Crippen LogP contribution >= 0.6 is 15.9 Å². The average Bonchev–Trinajstić information content (AvgIpc) is 3.00. The van der Waals surface area contributed by atoms with Gasteiger partial charge < -0.3 is 11.1 Å². The number of fused-ring (bicyclic) bond motifs is 1. The topological polar surface area (TPSA) is 103 Å². The molecule has 0 bridgehead atoms. The number of nitrogen functional groups attached to an aromatic ring is 1. The predicted octanol–water partition coefficient (Wildman–Crippen LogP) is 3.76. The Balaban J connectivity index is 1.87. The van der Waals surface area contributed by atoms with Gasteiger partial charge in [-0.2, -0.15) is 0 Å². The molecule has 0 saturated carbocycles. The Bertz CT molecular complexity index is 1240. The van der Waals surface area contributed by atoms with E-state index in [1.54, 1.807) is 48.5 Å². The molecule has 0 saturated heterocycles. The maximum Gasteiger partial charge on any atom is 0.270 e. The molecule has 0 aliphatic carbocycles. The highest BCUT2D eigenvalue weighted by molar-refractivity contribution is 9.10. The molecule has 9 heteroatoms. The minimum atomic E-state index is -3.82. The average molecular weight is 444 g/mol. The van der Waals surface area contributed by atoms with E-state index >= 15 is 0 Å². The molecular weight excluding hydrogens is 430 g/mol. The van der Waals surface area contributed by atoms with Gasteiger partial charge in [-0.05, 0) is 52.3 Å². The summed E-state index contributed by atoms with van der Waals surface area (Å²) in [6, 6.07) is 17.1. The Morgan fingerprint density at radius 3 is 2.52 bits per heavy atom. The Morgan fingerprint density at radius 2 is 1.78 bits per heavy atom. The summed E-state index contributed by atoms with van der Waals surface area (Å²) in [5.74, 6) is 0.480. The molecular formula is C18H14BrN5O2S. The molecule has 2 heterocycles. The second kappa shape index (κ2) is 6.67. The fraction of sp³-hybridized carbons (Fsp3) is 0. The molecule has 3 N–H and O–H groups in total. The summed E-state index contributed by atoms with van der Waals surface area (Å²) in [5, 5.41) is 3.72. The predicted molar refractivity (Wildman–Crippen MR) is 108 cm³/mol. The van der Waals surface area contributed by atoms with Gasteiger partial charge in [-0.3, -0.25) is 0 Å². The van der Waals surface area contributed by atoms with Crippen molar-refractivity contribution in [2.75, 3.05) is 11.1 Å². The van der Waals surface area contributed by atoms with E-state index in [-0.39, 0.29) is 10.5 Å². The molecule has 27 heavy (non-hydrogen) atoms. The molecule has 2 aromatic heterocycles. The van der Waals surface area contributed by atoms with Gasteiger partial charge in [0.05, 0.1) is 10.3 Å². The summed E-state index contributed by atoms with van der Waals surface area (Å²) in [7, 11) is -3.82. The zero-order chi connectivity index (χ0) is 19.0. The summed E-state index contributed by atoms with van der Waals surface area (Å²) in [6.07, 6.45) is 1.32. The second-order valence-electron chi connectivity index (χ2n) is 5.76. The Morgan fingerprint density at radius 1 is 1.00 bits per heavy atom. The van der Waals surface area contributed by atoms with Crippen molar-refractivity contribution in [3.05, 3.63) is 71.6 Å². The standard InChI is InChI=1S/C18H14BrN5O2S/c19-16-10-15-17(23-13-6-4-5-12(20)9-13)21-11-22-18(15)24(16)27(25,26)14-7-2-1-3-8-14/h1-11H,20H2,(H,21,22,23). The highest BCUT2D eigenvalue weighted by Crippen LogP contribution is 2.32. The highest BCUT2D eigenvalue weighted by Gasteiger charge is 2.24. The van der Waals surface area contributed by atoms with E-state index in [0.717, 1.165) is 9.66 Å². The summed E-state index contributed by atoms with van der Waals surface area (Å²) < 4.78 is 27.7. The maximum absolute atomic E-state index is 13.1. The zero-order valence-electron chi connectivity index (χ0n) is 13.9. The van der Waals surface area contributed by atoms with Crippen molar-refractivity contribution in [2.24, 2.45) is 0 Å². The maximum atomic E-state index is 13.1. The van der Waals surface area contributed by atoms with E-state index in [0.29, 0.717) is 21.5 Å². The molecule has 0 aliphatic rings. The van der Waals surface area contributed by atoms with Crippen molar-refractivity contribution in [1.29, 1.82) is 0 Å². The quantitative estimate of drug-likeness (QED) is 0.465. The number of aromatic nitrogens is 3. The summed E-state index contributed by atoms with van der Waals surface area (Å²) >= 11 is 3.34. The van der Waals surface area contributed by atoms with Crippen molar-refractivity contribution in [3.63, 3.8) is 0 Å². The number of nitrogens with two attached hydrogens (primary N) is 1. The van der Waals surface area contributed by atoms with Crippen molar-refractivity contribution in [1.82, 2.24) is 13.9 Å². The van der Waals surface area contributed by atoms with Crippen LogP contribution in [0.3, 0.4) is 0 Å². The molecule has 4 rings (SSSR count). The van der Waals surface area contributed by atoms with Gasteiger partial charge in [-0.1, -0.05) is 24.3 Å². The van der Waals surface area contributed by atoms with Gasteiger partial charge in [0.25, 0.3) is 10.0 Å². The number of hydrogen-bond donors (Lipinski definition) is 2. The molecule has 0 spiro atoms. The van der Waals surface area contributed by atoms with E-state index in [2.05, 4.69) is 31.2 Å². The molecule has 0 unspecified atom stereocenters. The molecule has 0 radical (unpaired) electrons. The molecule has 0 aliphatic heterocycles. The minimum absolute atomic E-state index is 0.173. The number of benzene rings is 2. The lowest BCUT2D eigenvalue weighted by Gasteiger charge is -2.09. The smallest absolute Gasteiger partial charge is 0.270 e. The van der Waals surface area contributed by atoms with Crippen LogP contribution < -0.4 is 11.1 Å². The minimum Gasteiger partial charge on any atom is -0.399 e. The molecule has 0 atom stereocenters. The van der Waals surface area contributed by atoms with Crippen molar-refractivity contribution in [3.8, 4) is 0 Å². The third-order valence-electron chi connectivity index (χ3n) is 3.94. The number of nitrogens with zero attached hydrogens (tertiary/aromatic N) is 3. The first-order valence-corrected chi connectivity index (χ1v) is 10.2. The van der Waals surface area contributed by atoms with Gasteiger partial charge in [0, 0.05) is 11.4 Å². The van der Waals surface area contributed by atoms with E-state index in [1.807, 2.05) is 12.1 Å². The van der Waals surface area contributed by atoms with Crippen LogP contribution in [-0.4, -0.2) is 22.4 Å².